The molecule has 0 amide bonds. The summed E-state index contributed by atoms with van der Waals surface area (Å²) in [5.41, 5.74) is 1.31. The van der Waals surface area contributed by atoms with Crippen molar-refractivity contribution in [3.05, 3.63) is 48.4 Å². The molecule has 5 nitrogen and oxygen atoms in total. The van der Waals surface area contributed by atoms with E-state index < -0.39 is 0 Å². The largest absolute Gasteiger partial charge is 0.377 e. The van der Waals surface area contributed by atoms with Gasteiger partial charge in [-0.2, -0.15) is 0 Å². The zero-order valence-corrected chi connectivity index (χ0v) is 12.9. The summed E-state index contributed by atoms with van der Waals surface area (Å²) in [6.07, 6.45) is 2.98. The predicted molar refractivity (Wildman–Crippen MR) is 88.0 cm³/mol. The second kappa shape index (κ2) is 7.22. The van der Waals surface area contributed by atoms with Gasteiger partial charge in [0.25, 0.3) is 0 Å². The van der Waals surface area contributed by atoms with Crippen molar-refractivity contribution < 1.29 is 4.74 Å². The van der Waals surface area contributed by atoms with Gasteiger partial charge < -0.3 is 15.0 Å². The van der Waals surface area contributed by atoms with Crippen LogP contribution in [0.15, 0.2) is 42.6 Å². The Hall–Kier alpha value is -2.14. The van der Waals surface area contributed by atoms with E-state index in [4.69, 9.17) is 4.74 Å². The van der Waals surface area contributed by atoms with Crippen LogP contribution in [0.4, 0.5) is 11.5 Å². The molecule has 0 spiro atoms. The highest BCUT2D eigenvalue weighted by Gasteiger charge is 2.22. The van der Waals surface area contributed by atoms with Gasteiger partial charge in [-0.1, -0.05) is 18.2 Å². The minimum atomic E-state index is 0.445. The van der Waals surface area contributed by atoms with Gasteiger partial charge in [0.1, 0.15) is 12.4 Å². The van der Waals surface area contributed by atoms with E-state index in [9.17, 15) is 0 Å². The normalized spacial score (nSPS) is 17.7. The third-order valence-electron chi connectivity index (χ3n) is 3.96. The number of aromatic nitrogens is 2. The van der Waals surface area contributed by atoms with Gasteiger partial charge in [-0.25, -0.2) is 9.97 Å². The van der Waals surface area contributed by atoms with E-state index >= 15 is 0 Å². The molecule has 5 heteroatoms. The van der Waals surface area contributed by atoms with Gasteiger partial charge in [0, 0.05) is 38.6 Å². The summed E-state index contributed by atoms with van der Waals surface area (Å²) >= 11 is 0. The standard InChI is InChI=1S/C17H22N4O/c1-22-13-17-18-9-7-16(20-17)19-11-14-8-10-21(12-14)15-5-3-2-4-6-15/h2-7,9,14H,8,10-13H2,1H3,(H,18,19,20)/t14-/m1/s1. The Labute approximate surface area is 131 Å². The van der Waals surface area contributed by atoms with Gasteiger partial charge in [-0.15, -0.1) is 0 Å². The summed E-state index contributed by atoms with van der Waals surface area (Å²) in [6, 6.07) is 12.5. The molecule has 1 aromatic heterocycles. The Balaban J connectivity index is 1.51. The fourth-order valence-electron chi connectivity index (χ4n) is 2.82. The third-order valence-corrected chi connectivity index (χ3v) is 3.96. The lowest BCUT2D eigenvalue weighted by Gasteiger charge is -2.18. The van der Waals surface area contributed by atoms with Crippen LogP contribution in [0, 0.1) is 5.92 Å². The molecule has 0 aliphatic carbocycles. The topological polar surface area (TPSA) is 50.3 Å². The molecular weight excluding hydrogens is 276 g/mol. The van der Waals surface area contributed by atoms with Gasteiger partial charge in [0.2, 0.25) is 0 Å². The van der Waals surface area contributed by atoms with Gasteiger partial charge in [0.15, 0.2) is 5.82 Å². The van der Waals surface area contributed by atoms with E-state index in [0.29, 0.717) is 18.3 Å². The average Bonchev–Trinajstić information content (AvgIpc) is 3.04. The molecule has 2 aromatic rings. The average molecular weight is 298 g/mol. The van der Waals surface area contributed by atoms with Crippen molar-refractivity contribution in [2.75, 3.05) is 37.0 Å². The predicted octanol–water partition coefficient (Wildman–Crippen LogP) is 2.56. The maximum Gasteiger partial charge on any atom is 0.156 e. The molecule has 0 bridgehead atoms. The SMILES string of the molecule is COCc1nccc(NC[C@H]2CCN(c3ccccc3)C2)n1. The van der Waals surface area contributed by atoms with Gasteiger partial charge in [-0.05, 0) is 30.5 Å². The maximum absolute atomic E-state index is 5.06. The highest BCUT2D eigenvalue weighted by molar-refractivity contribution is 5.47. The molecule has 0 saturated carbocycles. The molecule has 1 aromatic carbocycles. The van der Waals surface area contributed by atoms with Crippen molar-refractivity contribution in [1.29, 1.82) is 0 Å². The third kappa shape index (κ3) is 3.74. The molecule has 1 saturated heterocycles. The lowest BCUT2D eigenvalue weighted by molar-refractivity contribution is 0.178. The van der Waals surface area contributed by atoms with E-state index in [2.05, 4.69) is 50.5 Å². The number of para-hydroxylation sites is 1. The number of hydrogen-bond acceptors (Lipinski definition) is 5. The van der Waals surface area contributed by atoms with E-state index in [-0.39, 0.29) is 0 Å². The monoisotopic (exact) mass is 298 g/mol. The van der Waals surface area contributed by atoms with Crippen molar-refractivity contribution in [3.63, 3.8) is 0 Å². The number of ether oxygens (including phenoxy) is 1. The van der Waals surface area contributed by atoms with Gasteiger partial charge in [0.05, 0.1) is 0 Å². The number of methoxy groups -OCH3 is 1. The van der Waals surface area contributed by atoms with Crippen LogP contribution in [-0.4, -0.2) is 36.7 Å². The Kier molecular flexibility index (Phi) is 4.85. The number of nitrogens with zero attached hydrogens (tertiary/aromatic N) is 3. The van der Waals surface area contributed by atoms with E-state index in [1.54, 1.807) is 13.3 Å². The Morgan fingerprint density at radius 2 is 2.14 bits per heavy atom. The molecule has 22 heavy (non-hydrogen) atoms. The second-order valence-corrected chi connectivity index (χ2v) is 5.61. The van der Waals surface area contributed by atoms with E-state index in [0.717, 1.165) is 25.5 Å². The van der Waals surface area contributed by atoms with Crippen LogP contribution in [0.1, 0.15) is 12.2 Å². The lowest BCUT2D eigenvalue weighted by Crippen LogP contribution is -2.22. The van der Waals surface area contributed by atoms with Crippen LogP contribution < -0.4 is 10.2 Å². The Bertz CT molecular complexity index is 590. The van der Waals surface area contributed by atoms with Crippen molar-refractivity contribution >= 4 is 11.5 Å². The fraction of sp³-hybridized carbons (Fsp3) is 0.412. The molecule has 0 radical (unpaired) electrons. The molecule has 0 unspecified atom stereocenters. The zero-order chi connectivity index (χ0) is 15.2. The van der Waals surface area contributed by atoms with E-state index in [1.807, 2.05) is 6.07 Å². The Morgan fingerprint density at radius 1 is 1.27 bits per heavy atom. The Morgan fingerprint density at radius 3 is 2.95 bits per heavy atom. The highest BCUT2D eigenvalue weighted by atomic mass is 16.5. The second-order valence-electron chi connectivity index (χ2n) is 5.61. The van der Waals surface area contributed by atoms with Crippen molar-refractivity contribution in [2.24, 2.45) is 5.92 Å². The quantitative estimate of drug-likeness (QED) is 0.888. The molecule has 1 fully saturated rings. The van der Waals surface area contributed by atoms with Crippen molar-refractivity contribution in [2.45, 2.75) is 13.0 Å². The fourth-order valence-corrected chi connectivity index (χ4v) is 2.82. The number of nitrogens with one attached hydrogen (secondary N) is 1. The summed E-state index contributed by atoms with van der Waals surface area (Å²) in [7, 11) is 1.65. The molecule has 3 rings (SSSR count). The highest BCUT2D eigenvalue weighted by Crippen LogP contribution is 2.23. The lowest BCUT2D eigenvalue weighted by atomic mass is 10.1. The van der Waals surface area contributed by atoms with Crippen molar-refractivity contribution in [3.8, 4) is 0 Å². The summed E-state index contributed by atoms with van der Waals surface area (Å²) in [6.45, 7) is 3.59. The molecular formula is C17H22N4O. The van der Waals surface area contributed by atoms with E-state index in [1.165, 1.54) is 12.1 Å². The van der Waals surface area contributed by atoms with Crippen LogP contribution in [0.25, 0.3) is 0 Å². The molecule has 1 aliphatic rings. The summed E-state index contributed by atoms with van der Waals surface area (Å²) in [4.78, 5) is 11.1. The van der Waals surface area contributed by atoms with Crippen LogP contribution in [-0.2, 0) is 11.3 Å². The van der Waals surface area contributed by atoms with Crippen LogP contribution in [0.2, 0.25) is 0 Å². The summed E-state index contributed by atoms with van der Waals surface area (Å²) in [5, 5.41) is 3.42. The first-order chi connectivity index (χ1) is 10.8. The first-order valence-electron chi connectivity index (χ1n) is 7.70. The van der Waals surface area contributed by atoms with Crippen LogP contribution in [0.5, 0.6) is 0 Å². The van der Waals surface area contributed by atoms with Crippen LogP contribution >= 0.6 is 0 Å². The molecule has 116 valence electrons. The van der Waals surface area contributed by atoms with Crippen molar-refractivity contribution in [1.82, 2.24) is 9.97 Å². The molecule has 1 N–H and O–H groups in total. The molecule has 1 atom stereocenters. The molecule has 1 aliphatic heterocycles. The minimum absolute atomic E-state index is 0.445. The number of benzene rings is 1. The summed E-state index contributed by atoms with van der Waals surface area (Å²) < 4.78 is 5.06. The number of anilines is 2. The molecule has 2 heterocycles. The first-order valence-corrected chi connectivity index (χ1v) is 7.70. The zero-order valence-electron chi connectivity index (χ0n) is 12.9. The van der Waals surface area contributed by atoms with Gasteiger partial charge >= 0.3 is 0 Å². The minimum Gasteiger partial charge on any atom is -0.377 e. The number of hydrogen-bond donors (Lipinski definition) is 1. The first kappa shape index (κ1) is 14.8. The van der Waals surface area contributed by atoms with Crippen LogP contribution in [0.3, 0.4) is 0 Å². The summed E-state index contributed by atoms with van der Waals surface area (Å²) in [5.74, 6) is 2.23. The smallest absolute Gasteiger partial charge is 0.156 e. The van der Waals surface area contributed by atoms with Gasteiger partial charge in [-0.3, -0.25) is 0 Å². The number of rotatable bonds is 6. The maximum atomic E-state index is 5.06.